The SMILES string of the molecule is CNc1nc(Cl)nc(N(C)CC(=O)NCCOC)n1. The lowest BCUT2D eigenvalue weighted by atomic mass is 10.5. The van der Waals surface area contributed by atoms with Gasteiger partial charge in [-0.25, -0.2) is 0 Å². The molecule has 0 saturated heterocycles. The largest absolute Gasteiger partial charge is 0.383 e. The number of nitrogens with one attached hydrogen (secondary N) is 2. The molecule has 0 atom stereocenters. The number of carbonyl (C=O) groups excluding carboxylic acids is 1. The number of ether oxygens (including phenoxy) is 1. The molecule has 8 nitrogen and oxygen atoms in total. The van der Waals surface area contributed by atoms with Gasteiger partial charge in [0.2, 0.25) is 23.1 Å². The van der Waals surface area contributed by atoms with E-state index in [4.69, 9.17) is 16.3 Å². The maximum Gasteiger partial charge on any atom is 0.239 e. The third-order valence-electron chi connectivity index (χ3n) is 2.17. The third-order valence-corrected chi connectivity index (χ3v) is 2.34. The Bertz CT molecular complexity index is 430. The van der Waals surface area contributed by atoms with Gasteiger partial charge in [0, 0.05) is 27.7 Å². The number of carbonyl (C=O) groups is 1. The summed E-state index contributed by atoms with van der Waals surface area (Å²) in [4.78, 5) is 25.1. The highest BCUT2D eigenvalue weighted by Gasteiger charge is 2.12. The van der Waals surface area contributed by atoms with Crippen LogP contribution in [0.5, 0.6) is 0 Å². The van der Waals surface area contributed by atoms with Gasteiger partial charge in [0.15, 0.2) is 0 Å². The first-order chi connectivity index (χ1) is 9.06. The minimum atomic E-state index is -0.151. The van der Waals surface area contributed by atoms with Crippen LogP contribution < -0.4 is 15.5 Å². The summed E-state index contributed by atoms with van der Waals surface area (Å²) in [5.74, 6) is 0.523. The summed E-state index contributed by atoms with van der Waals surface area (Å²) in [5, 5.41) is 5.54. The minimum Gasteiger partial charge on any atom is -0.383 e. The molecule has 0 aliphatic heterocycles. The lowest BCUT2D eigenvalue weighted by Gasteiger charge is -2.16. The highest BCUT2D eigenvalue weighted by atomic mass is 35.5. The Hall–Kier alpha value is -1.67. The van der Waals surface area contributed by atoms with Crippen LogP contribution in [0.25, 0.3) is 0 Å². The monoisotopic (exact) mass is 288 g/mol. The number of rotatable bonds is 7. The van der Waals surface area contributed by atoms with E-state index in [-0.39, 0.29) is 17.7 Å². The summed E-state index contributed by atoms with van der Waals surface area (Å²) in [6.45, 7) is 1.05. The van der Waals surface area contributed by atoms with E-state index in [1.807, 2.05) is 0 Å². The fourth-order valence-corrected chi connectivity index (χ4v) is 1.41. The van der Waals surface area contributed by atoms with Gasteiger partial charge in [-0.3, -0.25) is 4.79 Å². The normalized spacial score (nSPS) is 10.1. The number of hydrogen-bond acceptors (Lipinski definition) is 7. The fraction of sp³-hybridized carbons (Fsp3) is 0.600. The Morgan fingerprint density at radius 1 is 1.42 bits per heavy atom. The molecule has 0 fully saturated rings. The highest BCUT2D eigenvalue weighted by molar-refractivity contribution is 6.28. The molecule has 1 rings (SSSR count). The van der Waals surface area contributed by atoms with Crippen molar-refractivity contribution in [2.24, 2.45) is 0 Å². The van der Waals surface area contributed by atoms with E-state index < -0.39 is 0 Å². The van der Waals surface area contributed by atoms with Gasteiger partial charge < -0.3 is 20.3 Å². The van der Waals surface area contributed by atoms with Crippen molar-refractivity contribution in [1.29, 1.82) is 0 Å². The van der Waals surface area contributed by atoms with Crippen LogP contribution in [0.3, 0.4) is 0 Å². The highest BCUT2D eigenvalue weighted by Crippen LogP contribution is 2.11. The number of likely N-dealkylation sites (N-methyl/N-ethyl adjacent to an activating group) is 1. The molecular weight excluding hydrogens is 272 g/mol. The minimum absolute atomic E-state index is 0.0704. The molecule has 0 spiro atoms. The molecule has 0 radical (unpaired) electrons. The number of hydrogen-bond donors (Lipinski definition) is 2. The molecule has 0 aliphatic carbocycles. The van der Waals surface area contributed by atoms with Gasteiger partial charge in [-0.2, -0.15) is 15.0 Å². The maximum atomic E-state index is 11.6. The van der Waals surface area contributed by atoms with Crippen molar-refractivity contribution in [3.05, 3.63) is 5.28 Å². The molecule has 1 aromatic heterocycles. The first-order valence-electron chi connectivity index (χ1n) is 5.63. The topological polar surface area (TPSA) is 92.3 Å². The average Bonchev–Trinajstić information content (AvgIpc) is 2.38. The third kappa shape index (κ3) is 5.23. The molecule has 0 aliphatic rings. The van der Waals surface area contributed by atoms with Crippen LogP contribution in [0.15, 0.2) is 0 Å². The quantitative estimate of drug-likeness (QED) is 0.669. The summed E-state index contributed by atoms with van der Waals surface area (Å²) < 4.78 is 4.84. The van der Waals surface area contributed by atoms with Crippen molar-refractivity contribution >= 4 is 29.4 Å². The van der Waals surface area contributed by atoms with Crippen molar-refractivity contribution in [3.8, 4) is 0 Å². The number of anilines is 2. The van der Waals surface area contributed by atoms with Crippen LogP contribution in [-0.4, -0.2) is 61.8 Å². The molecule has 0 saturated carbocycles. The first-order valence-corrected chi connectivity index (χ1v) is 6.00. The molecular formula is C10H17ClN6O2. The van der Waals surface area contributed by atoms with Gasteiger partial charge >= 0.3 is 0 Å². The molecule has 0 bridgehead atoms. The Morgan fingerprint density at radius 3 is 2.79 bits per heavy atom. The van der Waals surface area contributed by atoms with Crippen LogP contribution in [0.4, 0.5) is 11.9 Å². The van der Waals surface area contributed by atoms with E-state index >= 15 is 0 Å². The van der Waals surface area contributed by atoms with Gasteiger partial charge in [0.05, 0.1) is 13.2 Å². The second-order valence-corrected chi connectivity index (χ2v) is 4.01. The van der Waals surface area contributed by atoms with Crippen LogP contribution in [0.1, 0.15) is 0 Å². The molecule has 19 heavy (non-hydrogen) atoms. The van der Waals surface area contributed by atoms with E-state index in [1.165, 1.54) is 0 Å². The van der Waals surface area contributed by atoms with Crippen LogP contribution in [0, 0.1) is 0 Å². The number of nitrogens with zero attached hydrogens (tertiary/aromatic N) is 4. The van der Waals surface area contributed by atoms with Gasteiger partial charge in [0.1, 0.15) is 0 Å². The summed E-state index contributed by atoms with van der Waals surface area (Å²) in [6, 6.07) is 0. The molecule has 106 valence electrons. The smallest absolute Gasteiger partial charge is 0.239 e. The molecule has 1 heterocycles. The predicted molar refractivity (Wildman–Crippen MR) is 72.5 cm³/mol. The van der Waals surface area contributed by atoms with Gasteiger partial charge in [0.25, 0.3) is 0 Å². The van der Waals surface area contributed by atoms with Crippen molar-refractivity contribution in [2.75, 3.05) is 51.1 Å². The van der Waals surface area contributed by atoms with E-state index in [0.717, 1.165) is 0 Å². The van der Waals surface area contributed by atoms with Crippen molar-refractivity contribution in [3.63, 3.8) is 0 Å². The van der Waals surface area contributed by atoms with Gasteiger partial charge in [-0.05, 0) is 11.6 Å². The molecule has 0 aromatic carbocycles. The zero-order valence-corrected chi connectivity index (χ0v) is 11.9. The Labute approximate surface area is 116 Å². The number of methoxy groups -OCH3 is 1. The van der Waals surface area contributed by atoms with E-state index in [1.54, 1.807) is 26.1 Å². The fourth-order valence-electron chi connectivity index (χ4n) is 1.26. The lowest BCUT2D eigenvalue weighted by Crippen LogP contribution is -2.37. The summed E-state index contributed by atoms with van der Waals surface area (Å²) >= 11 is 5.77. The maximum absolute atomic E-state index is 11.6. The van der Waals surface area contributed by atoms with E-state index in [9.17, 15) is 4.79 Å². The summed E-state index contributed by atoms with van der Waals surface area (Å²) in [7, 11) is 4.94. The first kappa shape index (κ1) is 15.4. The Balaban J connectivity index is 2.59. The Kier molecular flexibility index (Phi) is 6.23. The second-order valence-electron chi connectivity index (χ2n) is 3.68. The number of aromatic nitrogens is 3. The van der Waals surface area contributed by atoms with Crippen LogP contribution in [0.2, 0.25) is 5.28 Å². The molecule has 1 amide bonds. The van der Waals surface area contributed by atoms with Crippen LogP contribution in [-0.2, 0) is 9.53 Å². The van der Waals surface area contributed by atoms with E-state index in [2.05, 4.69) is 25.6 Å². The molecule has 9 heteroatoms. The standard InChI is InChI=1S/C10H17ClN6O2/c1-12-9-14-8(11)15-10(16-9)17(2)6-7(18)13-4-5-19-3/h4-6H2,1-3H3,(H,13,18)(H,12,14,15,16). The van der Waals surface area contributed by atoms with Crippen molar-refractivity contribution < 1.29 is 9.53 Å². The van der Waals surface area contributed by atoms with Gasteiger partial charge in [-0.15, -0.1) is 0 Å². The summed E-state index contributed by atoms with van der Waals surface area (Å²) in [6.07, 6.45) is 0. The predicted octanol–water partition coefficient (Wildman–Crippen LogP) is -0.234. The molecule has 2 N–H and O–H groups in total. The Morgan fingerprint density at radius 2 is 2.16 bits per heavy atom. The molecule has 1 aromatic rings. The van der Waals surface area contributed by atoms with Crippen LogP contribution >= 0.6 is 11.6 Å². The summed E-state index contributed by atoms with van der Waals surface area (Å²) in [5.41, 5.74) is 0. The van der Waals surface area contributed by atoms with Crippen molar-refractivity contribution in [2.45, 2.75) is 0 Å². The number of halogens is 1. The van der Waals surface area contributed by atoms with E-state index in [0.29, 0.717) is 25.0 Å². The van der Waals surface area contributed by atoms with Gasteiger partial charge in [-0.1, -0.05) is 0 Å². The number of amides is 1. The zero-order valence-electron chi connectivity index (χ0n) is 11.1. The zero-order chi connectivity index (χ0) is 14.3. The second kappa shape index (κ2) is 7.70. The van der Waals surface area contributed by atoms with Crippen molar-refractivity contribution in [1.82, 2.24) is 20.3 Å². The lowest BCUT2D eigenvalue weighted by molar-refractivity contribution is -0.119. The average molecular weight is 289 g/mol. The molecule has 0 unspecified atom stereocenters.